The Bertz CT molecular complexity index is 140. The lowest BCUT2D eigenvalue weighted by atomic mass is 10.2. The summed E-state index contributed by atoms with van der Waals surface area (Å²) >= 11 is 0. The van der Waals surface area contributed by atoms with Gasteiger partial charge in [-0.1, -0.05) is 0 Å². The van der Waals surface area contributed by atoms with Crippen LogP contribution >= 0.6 is 0 Å². The fourth-order valence-electron chi connectivity index (χ4n) is 0.551. The lowest BCUT2D eigenvalue weighted by Crippen LogP contribution is -2.29. The van der Waals surface area contributed by atoms with Crippen LogP contribution in [-0.2, 0) is 9.53 Å². The van der Waals surface area contributed by atoms with Gasteiger partial charge in [0.05, 0.1) is 12.3 Å². The van der Waals surface area contributed by atoms with Crippen LogP contribution in [0.2, 0.25) is 0 Å². The molecule has 3 N–H and O–H groups in total. The van der Waals surface area contributed by atoms with E-state index in [-0.39, 0.29) is 11.5 Å². The number of nitrogens with one attached hydrogen (secondary N) is 1. The molecule has 0 aromatic rings. The minimum Gasteiger partial charge on any atom is -0.370 e. The Kier molecular flexibility index (Phi) is 4.85. The first-order chi connectivity index (χ1) is 5.42. The maximum atomic E-state index is 10.3. The molecule has 0 aromatic carbocycles. The topological polar surface area (TPSA) is 64.3 Å². The van der Waals surface area contributed by atoms with E-state index in [0.717, 1.165) is 0 Å². The minimum absolute atomic E-state index is 0.139. The Labute approximate surface area is 73.5 Å². The normalized spacial score (nSPS) is 11.6. The van der Waals surface area contributed by atoms with E-state index in [1.54, 1.807) is 0 Å². The molecule has 0 aliphatic rings. The van der Waals surface area contributed by atoms with E-state index in [0.29, 0.717) is 19.7 Å². The maximum Gasteiger partial charge on any atom is 0.218 e. The maximum absolute atomic E-state index is 10.3. The predicted molar refractivity (Wildman–Crippen MR) is 47.5 cm³/mol. The standard InChI is InChI=1S/C8H18N2O2/c1-8(2,3)12-6-10-5-4-7(9)11/h10H,4-6H2,1-3H3,(H2,9,11). The zero-order valence-corrected chi connectivity index (χ0v) is 8.02. The van der Waals surface area contributed by atoms with Crippen LogP contribution in [0.3, 0.4) is 0 Å². The van der Waals surface area contributed by atoms with E-state index in [4.69, 9.17) is 10.5 Å². The third-order valence-corrected chi connectivity index (χ3v) is 1.16. The van der Waals surface area contributed by atoms with Gasteiger partial charge in [-0.3, -0.25) is 10.1 Å². The average molecular weight is 174 g/mol. The largest absolute Gasteiger partial charge is 0.370 e. The summed E-state index contributed by atoms with van der Waals surface area (Å²) in [6.45, 7) is 6.95. The molecule has 4 nitrogen and oxygen atoms in total. The fourth-order valence-corrected chi connectivity index (χ4v) is 0.551. The molecule has 0 radical (unpaired) electrons. The summed E-state index contributed by atoms with van der Waals surface area (Å²) < 4.78 is 5.35. The SMILES string of the molecule is CC(C)(C)OCNCCC(N)=O. The molecule has 0 saturated carbocycles. The van der Waals surface area contributed by atoms with Gasteiger partial charge in [-0.05, 0) is 20.8 Å². The minimum atomic E-state index is -0.293. The van der Waals surface area contributed by atoms with Crippen molar-refractivity contribution in [2.45, 2.75) is 32.8 Å². The van der Waals surface area contributed by atoms with Crippen molar-refractivity contribution in [3.63, 3.8) is 0 Å². The molecule has 4 heteroatoms. The summed E-state index contributed by atoms with van der Waals surface area (Å²) in [4.78, 5) is 10.3. The average Bonchev–Trinajstić information content (AvgIpc) is 1.83. The van der Waals surface area contributed by atoms with Crippen LogP contribution in [0, 0.1) is 0 Å². The molecule has 12 heavy (non-hydrogen) atoms. The summed E-state index contributed by atoms with van der Waals surface area (Å²) in [5.74, 6) is -0.293. The Morgan fingerprint density at radius 2 is 2.08 bits per heavy atom. The predicted octanol–water partition coefficient (Wildman–Crippen LogP) is 0.224. The summed E-state index contributed by atoms with van der Waals surface area (Å²) in [6.07, 6.45) is 0.355. The fraction of sp³-hybridized carbons (Fsp3) is 0.875. The van der Waals surface area contributed by atoms with Gasteiger partial charge in [0.2, 0.25) is 5.91 Å². The van der Waals surface area contributed by atoms with Crippen molar-refractivity contribution < 1.29 is 9.53 Å². The number of carbonyl (C=O) groups is 1. The second kappa shape index (κ2) is 5.11. The van der Waals surface area contributed by atoms with Crippen molar-refractivity contribution in [3.05, 3.63) is 0 Å². The molecular weight excluding hydrogens is 156 g/mol. The molecule has 0 aliphatic carbocycles. The Hall–Kier alpha value is -0.610. The van der Waals surface area contributed by atoms with Gasteiger partial charge in [-0.15, -0.1) is 0 Å². The lowest BCUT2D eigenvalue weighted by molar-refractivity contribution is -0.118. The third kappa shape index (κ3) is 9.39. The second-order valence-corrected chi connectivity index (χ2v) is 3.62. The van der Waals surface area contributed by atoms with Crippen molar-refractivity contribution in [2.75, 3.05) is 13.3 Å². The quantitative estimate of drug-likeness (QED) is 0.463. The molecule has 0 saturated heterocycles. The van der Waals surface area contributed by atoms with Crippen molar-refractivity contribution in [1.29, 1.82) is 0 Å². The van der Waals surface area contributed by atoms with Crippen LogP contribution in [0.15, 0.2) is 0 Å². The van der Waals surface area contributed by atoms with Crippen LogP contribution in [0.5, 0.6) is 0 Å². The van der Waals surface area contributed by atoms with Gasteiger partial charge >= 0.3 is 0 Å². The molecule has 0 heterocycles. The summed E-state index contributed by atoms with van der Waals surface area (Å²) in [7, 11) is 0. The van der Waals surface area contributed by atoms with Crippen LogP contribution in [0.4, 0.5) is 0 Å². The third-order valence-electron chi connectivity index (χ3n) is 1.16. The number of rotatable bonds is 5. The molecule has 0 aromatic heterocycles. The first-order valence-electron chi connectivity index (χ1n) is 4.05. The van der Waals surface area contributed by atoms with Gasteiger partial charge in [0, 0.05) is 13.0 Å². The van der Waals surface area contributed by atoms with Gasteiger partial charge in [-0.2, -0.15) is 0 Å². The molecule has 0 bridgehead atoms. The van der Waals surface area contributed by atoms with Crippen molar-refractivity contribution >= 4 is 5.91 Å². The lowest BCUT2D eigenvalue weighted by Gasteiger charge is -2.19. The number of primary amides is 1. The monoisotopic (exact) mass is 174 g/mol. The number of ether oxygens (including phenoxy) is 1. The highest BCUT2D eigenvalue weighted by Crippen LogP contribution is 2.04. The zero-order valence-electron chi connectivity index (χ0n) is 8.02. The van der Waals surface area contributed by atoms with Crippen molar-refractivity contribution in [2.24, 2.45) is 5.73 Å². The van der Waals surface area contributed by atoms with Gasteiger partial charge in [-0.25, -0.2) is 0 Å². The molecule has 0 unspecified atom stereocenters. The van der Waals surface area contributed by atoms with E-state index in [1.165, 1.54) is 0 Å². The van der Waals surface area contributed by atoms with Gasteiger partial charge < -0.3 is 10.5 Å². The molecule has 0 rings (SSSR count). The second-order valence-electron chi connectivity index (χ2n) is 3.62. The highest BCUT2D eigenvalue weighted by Gasteiger charge is 2.08. The molecule has 0 spiro atoms. The van der Waals surface area contributed by atoms with Crippen LogP contribution in [0.1, 0.15) is 27.2 Å². The van der Waals surface area contributed by atoms with Crippen molar-refractivity contribution in [1.82, 2.24) is 5.32 Å². The van der Waals surface area contributed by atoms with Crippen LogP contribution in [-0.4, -0.2) is 24.8 Å². The number of hydrogen-bond acceptors (Lipinski definition) is 3. The summed E-state index contributed by atoms with van der Waals surface area (Å²) in [5, 5.41) is 2.95. The first-order valence-corrected chi connectivity index (χ1v) is 4.05. The number of carbonyl (C=O) groups excluding carboxylic acids is 1. The van der Waals surface area contributed by atoms with Gasteiger partial charge in [0.1, 0.15) is 0 Å². The molecular formula is C8H18N2O2. The summed E-state index contributed by atoms with van der Waals surface area (Å²) in [5.41, 5.74) is 4.80. The Morgan fingerprint density at radius 3 is 2.50 bits per heavy atom. The smallest absolute Gasteiger partial charge is 0.218 e. The summed E-state index contributed by atoms with van der Waals surface area (Å²) in [6, 6.07) is 0. The number of hydrogen-bond donors (Lipinski definition) is 2. The number of nitrogens with two attached hydrogens (primary N) is 1. The van der Waals surface area contributed by atoms with Gasteiger partial charge in [0.15, 0.2) is 0 Å². The highest BCUT2D eigenvalue weighted by atomic mass is 16.5. The Balaban J connectivity index is 3.17. The van der Waals surface area contributed by atoms with E-state index >= 15 is 0 Å². The van der Waals surface area contributed by atoms with E-state index < -0.39 is 0 Å². The highest BCUT2D eigenvalue weighted by molar-refractivity contribution is 5.73. The van der Waals surface area contributed by atoms with Gasteiger partial charge in [0.25, 0.3) is 0 Å². The van der Waals surface area contributed by atoms with Crippen LogP contribution < -0.4 is 11.1 Å². The number of amides is 1. The molecule has 0 fully saturated rings. The van der Waals surface area contributed by atoms with E-state index in [9.17, 15) is 4.79 Å². The molecule has 1 amide bonds. The van der Waals surface area contributed by atoms with E-state index in [1.807, 2.05) is 20.8 Å². The first kappa shape index (κ1) is 11.4. The Morgan fingerprint density at radius 1 is 1.50 bits per heavy atom. The van der Waals surface area contributed by atoms with Crippen molar-refractivity contribution in [3.8, 4) is 0 Å². The zero-order chi connectivity index (χ0) is 9.61. The van der Waals surface area contributed by atoms with Crippen LogP contribution in [0.25, 0.3) is 0 Å². The molecule has 72 valence electrons. The van der Waals surface area contributed by atoms with E-state index in [2.05, 4.69) is 5.32 Å². The molecule has 0 aliphatic heterocycles. The molecule has 0 atom stereocenters.